The molecule has 0 aliphatic rings. The minimum Gasteiger partial charge on any atom is -0.454 e. The second-order valence-electron chi connectivity index (χ2n) is 6.06. The van der Waals surface area contributed by atoms with E-state index in [0.717, 1.165) is 16.5 Å². The van der Waals surface area contributed by atoms with Crippen molar-refractivity contribution < 1.29 is 14.3 Å². The molecule has 0 radical (unpaired) electrons. The Kier molecular flexibility index (Phi) is 4.98. The number of ketones is 1. The number of H-pyrrole nitrogens is 1. The zero-order valence-corrected chi connectivity index (χ0v) is 14.4. The van der Waals surface area contributed by atoms with Crippen LogP contribution in [0.1, 0.15) is 42.1 Å². The van der Waals surface area contributed by atoms with E-state index >= 15 is 0 Å². The first-order valence-electron chi connectivity index (χ1n) is 8.47. The summed E-state index contributed by atoms with van der Waals surface area (Å²) in [5.41, 5.74) is 2.34. The topological polar surface area (TPSA) is 59.2 Å². The monoisotopic (exact) mass is 335 g/mol. The van der Waals surface area contributed by atoms with Crippen molar-refractivity contribution in [1.82, 2.24) is 4.98 Å². The molecule has 128 valence electrons. The van der Waals surface area contributed by atoms with Gasteiger partial charge in [-0.2, -0.15) is 0 Å². The van der Waals surface area contributed by atoms with Gasteiger partial charge in [0.2, 0.25) is 5.78 Å². The molecule has 4 nitrogen and oxygen atoms in total. The molecule has 0 fully saturated rings. The van der Waals surface area contributed by atoms with Gasteiger partial charge in [0.15, 0.2) is 6.10 Å². The van der Waals surface area contributed by atoms with E-state index in [1.807, 2.05) is 61.5 Å². The molecule has 0 amide bonds. The van der Waals surface area contributed by atoms with E-state index in [1.165, 1.54) is 0 Å². The maximum atomic E-state index is 12.7. The van der Waals surface area contributed by atoms with Crippen LogP contribution in [0.5, 0.6) is 0 Å². The summed E-state index contributed by atoms with van der Waals surface area (Å²) in [6.07, 6.45) is 1.47. The third kappa shape index (κ3) is 3.48. The molecule has 0 unspecified atom stereocenters. The van der Waals surface area contributed by atoms with Gasteiger partial charge in [0.05, 0.1) is 5.92 Å². The Labute approximate surface area is 146 Å². The number of hydrogen-bond donors (Lipinski definition) is 1. The highest BCUT2D eigenvalue weighted by Gasteiger charge is 2.26. The van der Waals surface area contributed by atoms with E-state index < -0.39 is 6.10 Å². The second kappa shape index (κ2) is 7.34. The summed E-state index contributed by atoms with van der Waals surface area (Å²) in [6.45, 7) is 3.56. The fraction of sp³-hybridized carbons (Fsp3) is 0.238. The number of aromatic amines is 1. The number of fused-ring (bicyclic) bond motifs is 1. The number of carbonyl (C=O) groups excluding carboxylic acids is 2. The molecule has 2 aromatic carbocycles. The van der Waals surface area contributed by atoms with Gasteiger partial charge in [-0.05, 0) is 25.0 Å². The van der Waals surface area contributed by atoms with Crippen LogP contribution in [0.25, 0.3) is 10.9 Å². The van der Waals surface area contributed by atoms with Gasteiger partial charge in [0, 0.05) is 22.7 Å². The highest BCUT2D eigenvalue weighted by molar-refractivity contribution is 6.10. The Bertz CT molecular complexity index is 882. The van der Waals surface area contributed by atoms with Crippen molar-refractivity contribution in [2.45, 2.75) is 32.3 Å². The molecule has 1 N–H and O–H groups in total. The molecule has 0 spiro atoms. The number of aromatic nitrogens is 1. The lowest BCUT2D eigenvalue weighted by Crippen LogP contribution is -2.27. The van der Waals surface area contributed by atoms with Gasteiger partial charge in [0.25, 0.3) is 0 Å². The van der Waals surface area contributed by atoms with E-state index in [9.17, 15) is 9.59 Å². The first kappa shape index (κ1) is 17.0. The summed E-state index contributed by atoms with van der Waals surface area (Å²) in [7, 11) is 0. The standard InChI is InChI=1S/C21H21NO3/c1-3-16(15-9-5-4-6-10-15)21(24)25-14(2)20(23)18-13-22-19-12-8-7-11-17(18)19/h4-14,16,22H,3H2,1-2H3/t14-,16+/m0/s1. The third-order valence-electron chi connectivity index (χ3n) is 4.41. The summed E-state index contributed by atoms with van der Waals surface area (Å²) in [5, 5.41) is 0.838. The fourth-order valence-corrected chi connectivity index (χ4v) is 3.03. The quantitative estimate of drug-likeness (QED) is 0.534. The van der Waals surface area contributed by atoms with E-state index in [-0.39, 0.29) is 17.7 Å². The SMILES string of the molecule is CC[C@@H](C(=O)O[C@@H](C)C(=O)c1c[nH]c2ccccc12)c1ccccc1. The van der Waals surface area contributed by atoms with Crippen molar-refractivity contribution in [3.05, 3.63) is 71.9 Å². The summed E-state index contributed by atoms with van der Waals surface area (Å²) in [6, 6.07) is 17.1. The molecule has 0 aliphatic heterocycles. The molecule has 1 heterocycles. The van der Waals surface area contributed by atoms with Crippen LogP contribution in [-0.4, -0.2) is 22.8 Å². The van der Waals surface area contributed by atoms with Gasteiger partial charge in [-0.3, -0.25) is 9.59 Å². The Balaban J connectivity index is 1.75. The van der Waals surface area contributed by atoms with Crippen molar-refractivity contribution in [1.29, 1.82) is 0 Å². The molecule has 2 atom stereocenters. The Hall–Kier alpha value is -2.88. The van der Waals surface area contributed by atoms with Crippen molar-refractivity contribution in [3.8, 4) is 0 Å². The minimum atomic E-state index is -0.829. The molecule has 1 aromatic heterocycles. The zero-order chi connectivity index (χ0) is 17.8. The highest BCUT2D eigenvalue weighted by Crippen LogP contribution is 2.23. The fourth-order valence-electron chi connectivity index (χ4n) is 3.03. The van der Waals surface area contributed by atoms with Crippen LogP contribution < -0.4 is 0 Å². The maximum absolute atomic E-state index is 12.7. The number of para-hydroxylation sites is 1. The number of Topliss-reactive ketones (excluding diaryl/α,β-unsaturated/α-hetero) is 1. The van der Waals surface area contributed by atoms with E-state index in [0.29, 0.717) is 12.0 Å². The second-order valence-corrected chi connectivity index (χ2v) is 6.06. The largest absolute Gasteiger partial charge is 0.454 e. The lowest BCUT2D eigenvalue weighted by Gasteiger charge is -2.18. The number of rotatable bonds is 6. The average Bonchev–Trinajstić information content (AvgIpc) is 3.06. The predicted octanol–water partition coefficient (Wildman–Crippen LogP) is 4.48. The first-order chi connectivity index (χ1) is 12.1. The third-order valence-corrected chi connectivity index (χ3v) is 4.41. The number of ether oxygens (including phenoxy) is 1. The van der Waals surface area contributed by atoms with Crippen LogP contribution in [0.3, 0.4) is 0 Å². The normalized spacial score (nSPS) is 13.4. The van der Waals surface area contributed by atoms with Crippen molar-refractivity contribution in [2.24, 2.45) is 0 Å². The first-order valence-corrected chi connectivity index (χ1v) is 8.47. The van der Waals surface area contributed by atoms with E-state index in [2.05, 4.69) is 4.98 Å². The smallest absolute Gasteiger partial charge is 0.314 e. The number of carbonyl (C=O) groups is 2. The average molecular weight is 335 g/mol. The molecule has 3 rings (SSSR count). The van der Waals surface area contributed by atoms with Gasteiger partial charge >= 0.3 is 5.97 Å². The van der Waals surface area contributed by atoms with Crippen molar-refractivity contribution in [3.63, 3.8) is 0 Å². The number of esters is 1. The summed E-state index contributed by atoms with van der Waals surface area (Å²) < 4.78 is 5.49. The zero-order valence-electron chi connectivity index (χ0n) is 14.4. The number of nitrogens with one attached hydrogen (secondary N) is 1. The molecule has 3 aromatic rings. The van der Waals surface area contributed by atoms with Gasteiger partial charge in [0.1, 0.15) is 0 Å². The molecule has 25 heavy (non-hydrogen) atoms. The molecular formula is C21H21NO3. The predicted molar refractivity (Wildman–Crippen MR) is 97.7 cm³/mol. The molecule has 4 heteroatoms. The molecular weight excluding hydrogens is 314 g/mol. The van der Waals surface area contributed by atoms with E-state index in [4.69, 9.17) is 4.74 Å². The van der Waals surface area contributed by atoms with Crippen LogP contribution in [0.15, 0.2) is 60.8 Å². The van der Waals surface area contributed by atoms with Crippen LogP contribution in [0, 0.1) is 0 Å². The maximum Gasteiger partial charge on any atom is 0.314 e. The molecule has 0 aliphatic carbocycles. The lowest BCUT2D eigenvalue weighted by atomic mass is 9.96. The molecule has 0 bridgehead atoms. The summed E-state index contributed by atoms with van der Waals surface area (Å²) >= 11 is 0. The summed E-state index contributed by atoms with van der Waals surface area (Å²) in [5.74, 6) is -0.928. The van der Waals surface area contributed by atoms with Gasteiger partial charge < -0.3 is 9.72 Å². The number of benzene rings is 2. The van der Waals surface area contributed by atoms with Gasteiger partial charge in [-0.1, -0.05) is 55.5 Å². The van der Waals surface area contributed by atoms with E-state index in [1.54, 1.807) is 13.1 Å². The highest BCUT2D eigenvalue weighted by atomic mass is 16.5. The van der Waals surface area contributed by atoms with Crippen LogP contribution in [-0.2, 0) is 9.53 Å². The Morgan fingerprint density at radius 3 is 2.44 bits per heavy atom. The number of hydrogen-bond acceptors (Lipinski definition) is 3. The van der Waals surface area contributed by atoms with Crippen LogP contribution >= 0.6 is 0 Å². The Morgan fingerprint density at radius 1 is 1.04 bits per heavy atom. The van der Waals surface area contributed by atoms with Gasteiger partial charge in [-0.15, -0.1) is 0 Å². The van der Waals surface area contributed by atoms with Crippen molar-refractivity contribution in [2.75, 3.05) is 0 Å². The van der Waals surface area contributed by atoms with Crippen LogP contribution in [0.4, 0.5) is 0 Å². The Morgan fingerprint density at radius 2 is 1.72 bits per heavy atom. The van der Waals surface area contributed by atoms with Crippen LogP contribution in [0.2, 0.25) is 0 Å². The summed E-state index contributed by atoms with van der Waals surface area (Å²) in [4.78, 5) is 28.3. The van der Waals surface area contributed by atoms with Crippen molar-refractivity contribution >= 4 is 22.7 Å². The van der Waals surface area contributed by atoms with Gasteiger partial charge in [-0.25, -0.2) is 0 Å². The molecule has 0 saturated heterocycles. The molecule has 0 saturated carbocycles. The lowest BCUT2D eigenvalue weighted by molar-refractivity contribution is -0.148. The minimum absolute atomic E-state index is 0.200.